The molecule has 1 unspecified atom stereocenters. The fourth-order valence-corrected chi connectivity index (χ4v) is 3.96. The fraction of sp³-hybridized carbons (Fsp3) is 0.667. The Bertz CT molecular complexity index is 594. The van der Waals surface area contributed by atoms with E-state index in [0.29, 0.717) is 30.8 Å². The zero-order valence-corrected chi connectivity index (χ0v) is 12.4. The third-order valence-electron chi connectivity index (χ3n) is 3.35. The van der Waals surface area contributed by atoms with E-state index in [1.807, 2.05) is 0 Å². The van der Waals surface area contributed by atoms with Crippen LogP contribution in [0.25, 0.3) is 0 Å². The number of sulfone groups is 1. The van der Waals surface area contributed by atoms with Gasteiger partial charge < -0.3 is 10.1 Å². The molecule has 112 valence electrons. The second-order valence-electron chi connectivity index (χ2n) is 4.83. The highest BCUT2D eigenvalue weighted by molar-refractivity contribution is 7.91. The van der Waals surface area contributed by atoms with Crippen molar-refractivity contribution in [2.24, 2.45) is 7.05 Å². The number of ether oxygens (including phenoxy) is 1. The van der Waals surface area contributed by atoms with Crippen LogP contribution in [-0.2, 0) is 28.2 Å². The molecule has 1 N–H and O–H groups in total. The van der Waals surface area contributed by atoms with Gasteiger partial charge in [0.15, 0.2) is 9.84 Å². The zero-order chi connectivity index (χ0) is 14.8. The van der Waals surface area contributed by atoms with Gasteiger partial charge in [0.25, 0.3) is 0 Å². The van der Waals surface area contributed by atoms with Crippen molar-refractivity contribution < 1.29 is 17.9 Å². The van der Waals surface area contributed by atoms with Gasteiger partial charge in [-0.15, -0.1) is 0 Å². The summed E-state index contributed by atoms with van der Waals surface area (Å²) in [5, 5.41) is 7.22. The Morgan fingerprint density at radius 1 is 1.60 bits per heavy atom. The van der Waals surface area contributed by atoms with Crippen molar-refractivity contribution >= 4 is 15.8 Å². The average molecular weight is 301 g/mol. The van der Waals surface area contributed by atoms with E-state index in [4.69, 9.17) is 4.74 Å². The predicted octanol–water partition coefficient (Wildman–Crippen LogP) is -0.126. The van der Waals surface area contributed by atoms with Crippen molar-refractivity contribution in [1.29, 1.82) is 0 Å². The van der Waals surface area contributed by atoms with E-state index in [1.165, 1.54) is 6.20 Å². The van der Waals surface area contributed by atoms with Crippen LogP contribution in [0.3, 0.4) is 0 Å². The third kappa shape index (κ3) is 3.37. The zero-order valence-electron chi connectivity index (χ0n) is 11.6. The number of nitrogens with one attached hydrogen (secondary N) is 1. The number of carbonyl (C=O) groups is 1. The summed E-state index contributed by atoms with van der Waals surface area (Å²) in [7, 11) is -1.17. The minimum absolute atomic E-state index is 0.0649. The van der Waals surface area contributed by atoms with Crippen LogP contribution in [-0.4, -0.2) is 48.3 Å². The SMILES string of the molecule is CCOC(=O)c1cnn(C)c1CNC1CCS(=O)(=O)C1. The first-order chi connectivity index (χ1) is 9.43. The maximum absolute atomic E-state index is 11.8. The first-order valence-electron chi connectivity index (χ1n) is 6.54. The summed E-state index contributed by atoms with van der Waals surface area (Å²) in [5.41, 5.74) is 1.12. The summed E-state index contributed by atoms with van der Waals surface area (Å²) in [5.74, 6) is -0.0307. The predicted molar refractivity (Wildman–Crippen MR) is 73.1 cm³/mol. The molecule has 0 radical (unpaired) electrons. The summed E-state index contributed by atoms with van der Waals surface area (Å²) >= 11 is 0. The number of aryl methyl sites for hydroxylation is 1. The van der Waals surface area contributed by atoms with Crippen molar-refractivity contribution in [1.82, 2.24) is 15.1 Å². The van der Waals surface area contributed by atoms with Gasteiger partial charge in [0, 0.05) is 19.6 Å². The Kier molecular flexibility index (Phi) is 4.44. The molecule has 8 heteroatoms. The Morgan fingerprint density at radius 3 is 2.95 bits per heavy atom. The quantitative estimate of drug-likeness (QED) is 0.762. The molecule has 0 spiro atoms. The normalized spacial score (nSPS) is 21.0. The molecular formula is C12H19N3O4S. The Balaban J connectivity index is 2.03. The summed E-state index contributed by atoms with van der Waals surface area (Å²) in [6.07, 6.45) is 2.08. The van der Waals surface area contributed by atoms with Crippen LogP contribution >= 0.6 is 0 Å². The first kappa shape index (κ1) is 15.0. The van der Waals surface area contributed by atoms with Crippen molar-refractivity contribution in [3.63, 3.8) is 0 Å². The van der Waals surface area contributed by atoms with Gasteiger partial charge in [0.2, 0.25) is 0 Å². The molecule has 1 aliphatic heterocycles. The molecule has 2 rings (SSSR count). The van der Waals surface area contributed by atoms with Crippen molar-refractivity contribution in [2.45, 2.75) is 25.9 Å². The van der Waals surface area contributed by atoms with Crippen LogP contribution in [0, 0.1) is 0 Å². The van der Waals surface area contributed by atoms with Crippen molar-refractivity contribution in [3.05, 3.63) is 17.5 Å². The van der Waals surface area contributed by atoms with E-state index in [1.54, 1.807) is 18.7 Å². The van der Waals surface area contributed by atoms with Crippen LogP contribution in [0.4, 0.5) is 0 Å². The monoisotopic (exact) mass is 301 g/mol. The molecule has 1 aliphatic rings. The topological polar surface area (TPSA) is 90.3 Å². The highest BCUT2D eigenvalue weighted by atomic mass is 32.2. The number of hydrogen-bond acceptors (Lipinski definition) is 6. The van der Waals surface area contributed by atoms with Crippen molar-refractivity contribution in [2.75, 3.05) is 18.1 Å². The standard InChI is InChI=1S/C12H19N3O4S/c1-3-19-12(16)10-6-14-15(2)11(10)7-13-9-4-5-20(17,18)8-9/h6,9,13H,3-5,7-8H2,1-2H3. The van der Waals surface area contributed by atoms with Gasteiger partial charge >= 0.3 is 5.97 Å². The molecule has 1 saturated heterocycles. The lowest BCUT2D eigenvalue weighted by Gasteiger charge is -2.12. The number of hydrogen-bond donors (Lipinski definition) is 1. The van der Waals surface area contributed by atoms with Gasteiger partial charge in [-0.25, -0.2) is 13.2 Å². The smallest absolute Gasteiger partial charge is 0.341 e. The Hall–Kier alpha value is -1.41. The highest BCUT2D eigenvalue weighted by Gasteiger charge is 2.28. The van der Waals surface area contributed by atoms with Gasteiger partial charge in [-0.2, -0.15) is 5.10 Å². The average Bonchev–Trinajstić information content (AvgIpc) is 2.90. The summed E-state index contributed by atoms with van der Waals surface area (Å²) in [6, 6.07) is -0.0649. The molecule has 0 saturated carbocycles. The molecule has 1 aromatic heterocycles. The van der Waals surface area contributed by atoms with Crippen LogP contribution < -0.4 is 5.32 Å². The van der Waals surface area contributed by atoms with Crippen LogP contribution in [0.2, 0.25) is 0 Å². The van der Waals surface area contributed by atoms with Gasteiger partial charge in [0.1, 0.15) is 5.56 Å². The number of esters is 1. The number of aromatic nitrogens is 2. The second kappa shape index (κ2) is 5.92. The van der Waals surface area contributed by atoms with Gasteiger partial charge in [-0.3, -0.25) is 4.68 Å². The lowest BCUT2D eigenvalue weighted by molar-refractivity contribution is 0.0524. The van der Waals surface area contributed by atoms with Gasteiger partial charge in [-0.1, -0.05) is 0 Å². The van der Waals surface area contributed by atoms with E-state index < -0.39 is 15.8 Å². The van der Waals surface area contributed by atoms with E-state index in [2.05, 4.69) is 10.4 Å². The van der Waals surface area contributed by atoms with Crippen LogP contribution in [0.15, 0.2) is 6.20 Å². The second-order valence-corrected chi connectivity index (χ2v) is 7.06. The molecule has 0 aliphatic carbocycles. The molecular weight excluding hydrogens is 282 g/mol. The molecule has 1 aromatic rings. The lowest BCUT2D eigenvalue weighted by atomic mass is 10.2. The summed E-state index contributed by atoms with van der Waals surface area (Å²) < 4.78 is 29.4. The van der Waals surface area contributed by atoms with E-state index >= 15 is 0 Å². The van der Waals surface area contributed by atoms with E-state index in [-0.39, 0.29) is 17.5 Å². The number of carbonyl (C=O) groups excluding carboxylic acids is 1. The van der Waals surface area contributed by atoms with Crippen molar-refractivity contribution in [3.8, 4) is 0 Å². The van der Waals surface area contributed by atoms with Crippen LogP contribution in [0.5, 0.6) is 0 Å². The minimum atomic E-state index is -2.91. The largest absolute Gasteiger partial charge is 0.462 e. The Labute approximate surface area is 118 Å². The molecule has 0 bridgehead atoms. The van der Waals surface area contributed by atoms with Gasteiger partial charge in [-0.05, 0) is 13.3 Å². The fourth-order valence-electron chi connectivity index (χ4n) is 2.25. The minimum Gasteiger partial charge on any atom is -0.462 e. The molecule has 1 atom stereocenters. The Morgan fingerprint density at radius 2 is 2.35 bits per heavy atom. The molecule has 0 amide bonds. The van der Waals surface area contributed by atoms with E-state index in [9.17, 15) is 13.2 Å². The summed E-state index contributed by atoms with van der Waals surface area (Å²) in [6.45, 7) is 2.45. The third-order valence-corrected chi connectivity index (χ3v) is 5.12. The highest BCUT2D eigenvalue weighted by Crippen LogP contribution is 2.14. The molecule has 0 aromatic carbocycles. The maximum atomic E-state index is 11.8. The molecule has 2 heterocycles. The van der Waals surface area contributed by atoms with Crippen LogP contribution in [0.1, 0.15) is 29.4 Å². The molecule has 20 heavy (non-hydrogen) atoms. The maximum Gasteiger partial charge on any atom is 0.341 e. The van der Waals surface area contributed by atoms with E-state index in [0.717, 1.165) is 0 Å². The first-order valence-corrected chi connectivity index (χ1v) is 8.37. The molecule has 1 fully saturated rings. The van der Waals surface area contributed by atoms with Gasteiger partial charge in [0.05, 0.1) is 30.0 Å². The lowest BCUT2D eigenvalue weighted by Crippen LogP contribution is -2.31. The molecule has 7 nitrogen and oxygen atoms in total. The number of rotatable bonds is 5. The summed E-state index contributed by atoms with van der Waals surface area (Å²) in [4.78, 5) is 11.8. The number of nitrogens with zero attached hydrogens (tertiary/aromatic N) is 2.